The molecule has 0 fully saturated rings. The largest absolute Gasteiger partial charge is 0.465 e. The summed E-state index contributed by atoms with van der Waals surface area (Å²) in [6.45, 7) is 1.83. The molecule has 10 heavy (non-hydrogen) atoms. The molecule has 0 aliphatic rings. The van der Waals surface area contributed by atoms with E-state index in [0.717, 1.165) is 5.56 Å². The topological polar surface area (TPSA) is 33.4 Å². The molecule has 0 aliphatic heterocycles. The van der Waals surface area contributed by atoms with Gasteiger partial charge in [-0.2, -0.15) is 0 Å². The lowest BCUT2D eigenvalue weighted by atomic mass is 10.2. The summed E-state index contributed by atoms with van der Waals surface area (Å²) in [5.74, 6) is 2.63. The normalized spacial score (nSPS) is 12.5. The number of hydrogen-bond acceptors (Lipinski definition) is 2. The number of aliphatic hydroxyl groups is 1. The van der Waals surface area contributed by atoms with Crippen molar-refractivity contribution in [1.29, 1.82) is 0 Å². The second-order valence-corrected chi connectivity index (χ2v) is 2.04. The van der Waals surface area contributed by atoms with Gasteiger partial charge in [0.05, 0.1) is 6.26 Å². The van der Waals surface area contributed by atoms with Crippen molar-refractivity contribution in [1.82, 2.24) is 0 Å². The van der Waals surface area contributed by atoms with Crippen molar-refractivity contribution in [2.75, 3.05) is 0 Å². The van der Waals surface area contributed by atoms with Crippen molar-refractivity contribution in [3.05, 3.63) is 23.7 Å². The lowest BCUT2D eigenvalue weighted by Crippen LogP contribution is -1.91. The van der Waals surface area contributed by atoms with Crippen LogP contribution in [-0.2, 0) is 0 Å². The van der Waals surface area contributed by atoms with Crippen molar-refractivity contribution in [2.45, 2.75) is 13.0 Å². The summed E-state index contributed by atoms with van der Waals surface area (Å²) < 4.78 is 4.92. The zero-order valence-corrected chi connectivity index (χ0v) is 5.66. The van der Waals surface area contributed by atoms with Crippen LogP contribution in [-0.4, -0.2) is 5.11 Å². The van der Waals surface area contributed by atoms with E-state index in [4.69, 9.17) is 15.9 Å². The molecule has 2 nitrogen and oxygen atoms in total. The molecule has 1 rings (SSSR count). The van der Waals surface area contributed by atoms with Gasteiger partial charge in [-0.05, 0) is 18.6 Å². The number of furan rings is 1. The predicted octanol–water partition coefficient (Wildman–Crippen LogP) is 1.25. The fraction of sp³-hybridized carbons (Fsp3) is 0.250. The highest BCUT2D eigenvalue weighted by Crippen LogP contribution is 2.16. The summed E-state index contributed by atoms with van der Waals surface area (Å²) in [7, 11) is 0. The molecule has 0 saturated heterocycles. The number of rotatable bonds is 1. The van der Waals surface area contributed by atoms with Gasteiger partial charge in [-0.15, -0.1) is 6.42 Å². The number of terminal acetylenes is 1. The molecule has 0 aliphatic carbocycles. The lowest BCUT2D eigenvalue weighted by molar-refractivity contribution is 0.205. The summed E-state index contributed by atoms with van der Waals surface area (Å²) in [5, 5.41) is 9.07. The van der Waals surface area contributed by atoms with Crippen LogP contribution in [0.5, 0.6) is 0 Å². The monoisotopic (exact) mass is 136 g/mol. The lowest BCUT2D eigenvalue weighted by Gasteiger charge is -1.98. The molecule has 1 unspecified atom stereocenters. The molecule has 0 aromatic carbocycles. The first-order valence-corrected chi connectivity index (χ1v) is 2.94. The Morgan fingerprint density at radius 2 is 2.50 bits per heavy atom. The summed E-state index contributed by atoms with van der Waals surface area (Å²) in [4.78, 5) is 0. The van der Waals surface area contributed by atoms with E-state index < -0.39 is 6.10 Å². The van der Waals surface area contributed by atoms with Gasteiger partial charge >= 0.3 is 0 Å². The third kappa shape index (κ3) is 1.04. The van der Waals surface area contributed by atoms with E-state index >= 15 is 0 Å². The van der Waals surface area contributed by atoms with Crippen molar-refractivity contribution >= 4 is 0 Å². The molecule has 1 aromatic heterocycles. The Hall–Kier alpha value is -1.20. The van der Waals surface area contributed by atoms with Crippen LogP contribution in [0.25, 0.3) is 0 Å². The molecule has 1 N–H and O–H groups in total. The molecule has 0 bridgehead atoms. The van der Waals surface area contributed by atoms with Gasteiger partial charge in [0.15, 0.2) is 6.10 Å². The fourth-order valence-corrected chi connectivity index (χ4v) is 0.740. The molecule has 0 radical (unpaired) electrons. The third-order valence-corrected chi connectivity index (χ3v) is 1.31. The van der Waals surface area contributed by atoms with E-state index in [1.54, 1.807) is 6.07 Å². The maximum absolute atomic E-state index is 9.07. The molecule has 1 atom stereocenters. The van der Waals surface area contributed by atoms with Crippen LogP contribution >= 0.6 is 0 Å². The maximum atomic E-state index is 9.07. The van der Waals surface area contributed by atoms with E-state index in [-0.39, 0.29) is 0 Å². The van der Waals surface area contributed by atoms with Gasteiger partial charge in [-0.1, -0.05) is 5.92 Å². The van der Waals surface area contributed by atoms with E-state index in [0.29, 0.717) is 5.76 Å². The molecule has 52 valence electrons. The Balaban J connectivity index is 2.96. The number of aliphatic hydroxyl groups excluding tert-OH is 1. The standard InChI is InChI=1S/C8H8O2/c1-3-7(9)8-6(2)4-5-10-8/h1,4-5,7,9H,2H3. The second kappa shape index (κ2) is 2.59. The number of hydrogen-bond donors (Lipinski definition) is 1. The second-order valence-electron chi connectivity index (χ2n) is 2.04. The first-order chi connectivity index (χ1) is 4.75. The van der Waals surface area contributed by atoms with Crippen LogP contribution in [0.1, 0.15) is 17.4 Å². The van der Waals surface area contributed by atoms with E-state index in [1.807, 2.05) is 6.92 Å². The molecule has 0 spiro atoms. The molecule has 0 amide bonds. The van der Waals surface area contributed by atoms with Crippen LogP contribution in [0.3, 0.4) is 0 Å². The summed E-state index contributed by atoms with van der Waals surface area (Å²) in [5.41, 5.74) is 0.880. The minimum atomic E-state index is -0.907. The van der Waals surface area contributed by atoms with Crippen LogP contribution in [0.4, 0.5) is 0 Å². The van der Waals surface area contributed by atoms with Crippen LogP contribution in [0.2, 0.25) is 0 Å². The van der Waals surface area contributed by atoms with Crippen LogP contribution in [0, 0.1) is 19.3 Å². The van der Waals surface area contributed by atoms with E-state index in [2.05, 4.69) is 5.92 Å². The quantitative estimate of drug-likeness (QED) is 0.589. The SMILES string of the molecule is C#CC(O)c1occc1C. The van der Waals surface area contributed by atoms with Crippen molar-refractivity contribution < 1.29 is 9.52 Å². The van der Waals surface area contributed by atoms with E-state index in [1.165, 1.54) is 6.26 Å². The Labute approximate surface area is 59.5 Å². The molecular formula is C8H8O2. The minimum absolute atomic E-state index is 0.461. The van der Waals surface area contributed by atoms with Crippen LogP contribution in [0.15, 0.2) is 16.7 Å². The third-order valence-electron chi connectivity index (χ3n) is 1.31. The average molecular weight is 136 g/mol. The fourth-order valence-electron chi connectivity index (χ4n) is 0.740. The molecular weight excluding hydrogens is 128 g/mol. The highest BCUT2D eigenvalue weighted by atomic mass is 16.4. The molecule has 1 heterocycles. The minimum Gasteiger partial charge on any atom is -0.465 e. The Bertz CT molecular complexity index is 254. The highest BCUT2D eigenvalue weighted by molar-refractivity contribution is 5.21. The maximum Gasteiger partial charge on any atom is 0.172 e. The van der Waals surface area contributed by atoms with Gasteiger partial charge in [0.25, 0.3) is 0 Å². The van der Waals surface area contributed by atoms with E-state index in [9.17, 15) is 0 Å². The zero-order chi connectivity index (χ0) is 7.56. The first kappa shape index (κ1) is 6.91. The Morgan fingerprint density at radius 1 is 1.80 bits per heavy atom. The van der Waals surface area contributed by atoms with Gasteiger partial charge in [0, 0.05) is 0 Å². The van der Waals surface area contributed by atoms with Gasteiger partial charge in [0.1, 0.15) is 5.76 Å². The van der Waals surface area contributed by atoms with Gasteiger partial charge < -0.3 is 9.52 Å². The van der Waals surface area contributed by atoms with Gasteiger partial charge in [0.2, 0.25) is 0 Å². The van der Waals surface area contributed by atoms with Crippen LogP contribution < -0.4 is 0 Å². The Morgan fingerprint density at radius 3 is 2.90 bits per heavy atom. The van der Waals surface area contributed by atoms with Crippen molar-refractivity contribution in [3.63, 3.8) is 0 Å². The highest BCUT2D eigenvalue weighted by Gasteiger charge is 2.09. The first-order valence-electron chi connectivity index (χ1n) is 2.94. The summed E-state index contributed by atoms with van der Waals surface area (Å²) in [6.07, 6.45) is 5.57. The van der Waals surface area contributed by atoms with Gasteiger partial charge in [-0.3, -0.25) is 0 Å². The molecule has 0 saturated carbocycles. The zero-order valence-electron chi connectivity index (χ0n) is 5.66. The smallest absolute Gasteiger partial charge is 0.172 e. The molecule has 1 aromatic rings. The summed E-state index contributed by atoms with van der Waals surface area (Å²) in [6, 6.07) is 1.76. The average Bonchev–Trinajstić information content (AvgIpc) is 2.34. The Kier molecular flexibility index (Phi) is 1.79. The summed E-state index contributed by atoms with van der Waals surface area (Å²) >= 11 is 0. The van der Waals surface area contributed by atoms with Gasteiger partial charge in [-0.25, -0.2) is 0 Å². The molecule has 2 heteroatoms. The van der Waals surface area contributed by atoms with Crippen molar-refractivity contribution in [2.24, 2.45) is 0 Å². The van der Waals surface area contributed by atoms with Crippen molar-refractivity contribution in [3.8, 4) is 12.3 Å². The number of aryl methyl sites for hydroxylation is 1. The predicted molar refractivity (Wildman–Crippen MR) is 37.2 cm³/mol.